The SMILES string of the molecule is COc1ccc(N=c2scc(-c3ccc(S(=O)(=O)N4CCC(C)CC4)cc3)n2Cc2ccco2)cc1. The van der Waals surface area contributed by atoms with E-state index in [2.05, 4.69) is 11.5 Å². The summed E-state index contributed by atoms with van der Waals surface area (Å²) >= 11 is 1.53. The Morgan fingerprint density at radius 1 is 1.06 bits per heavy atom. The van der Waals surface area contributed by atoms with Gasteiger partial charge in [-0.1, -0.05) is 19.1 Å². The summed E-state index contributed by atoms with van der Waals surface area (Å²) in [5.74, 6) is 2.15. The van der Waals surface area contributed by atoms with Gasteiger partial charge in [-0.05, 0) is 72.9 Å². The fourth-order valence-electron chi connectivity index (χ4n) is 4.30. The summed E-state index contributed by atoms with van der Waals surface area (Å²) in [6.07, 6.45) is 3.46. The molecule has 188 valence electrons. The lowest BCUT2D eigenvalue weighted by atomic mass is 10.0. The molecule has 2 aromatic heterocycles. The maximum atomic E-state index is 13.2. The minimum atomic E-state index is -3.49. The molecule has 0 bridgehead atoms. The molecule has 1 aliphatic heterocycles. The molecule has 0 radical (unpaired) electrons. The summed E-state index contributed by atoms with van der Waals surface area (Å²) in [6, 6.07) is 18.5. The van der Waals surface area contributed by atoms with Gasteiger partial charge in [0.15, 0.2) is 4.80 Å². The van der Waals surface area contributed by atoms with E-state index in [1.54, 1.807) is 29.8 Å². The summed E-state index contributed by atoms with van der Waals surface area (Å²) < 4.78 is 40.9. The molecule has 1 saturated heterocycles. The number of methoxy groups -OCH3 is 1. The van der Waals surface area contributed by atoms with Crippen molar-refractivity contribution in [1.29, 1.82) is 0 Å². The van der Waals surface area contributed by atoms with Crippen molar-refractivity contribution in [2.45, 2.75) is 31.2 Å². The zero-order chi connectivity index (χ0) is 25.1. The van der Waals surface area contributed by atoms with Crippen molar-refractivity contribution in [2.24, 2.45) is 10.9 Å². The van der Waals surface area contributed by atoms with E-state index in [4.69, 9.17) is 14.1 Å². The minimum absolute atomic E-state index is 0.330. The predicted molar refractivity (Wildman–Crippen MR) is 141 cm³/mol. The third-order valence-electron chi connectivity index (χ3n) is 6.52. The van der Waals surface area contributed by atoms with E-state index >= 15 is 0 Å². The normalized spacial score (nSPS) is 15.9. The van der Waals surface area contributed by atoms with Crippen LogP contribution < -0.4 is 9.54 Å². The number of benzene rings is 2. The van der Waals surface area contributed by atoms with Gasteiger partial charge >= 0.3 is 0 Å². The van der Waals surface area contributed by atoms with Gasteiger partial charge < -0.3 is 13.7 Å². The van der Waals surface area contributed by atoms with Crippen molar-refractivity contribution in [3.05, 3.63) is 82.9 Å². The van der Waals surface area contributed by atoms with Crippen LogP contribution in [0.15, 0.2) is 86.6 Å². The Kier molecular flexibility index (Phi) is 7.13. The van der Waals surface area contributed by atoms with Gasteiger partial charge in [-0.15, -0.1) is 11.3 Å². The highest BCUT2D eigenvalue weighted by atomic mass is 32.2. The van der Waals surface area contributed by atoms with Crippen molar-refractivity contribution in [1.82, 2.24) is 8.87 Å². The molecule has 3 heterocycles. The molecule has 0 spiro atoms. The number of nitrogens with zero attached hydrogens (tertiary/aromatic N) is 3. The lowest BCUT2D eigenvalue weighted by Gasteiger charge is -2.29. The molecule has 5 rings (SSSR count). The van der Waals surface area contributed by atoms with E-state index in [-0.39, 0.29) is 0 Å². The number of piperidine rings is 1. The maximum absolute atomic E-state index is 13.2. The monoisotopic (exact) mass is 523 g/mol. The molecule has 0 unspecified atom stereocenters. The third-order valence-corrected chi connectivity index (χ3v) is 9.30. The molecule has 36 heavy (non-hydrogen) atoms. The lowest BCUT2D eigenvalue weighted by molar-refractivity contribution is 0.288. The number of ether oxygens (including phenoxy) is 1. The summed E-state index contributed by atoms with van der Waals surface area (Å²) in [6.45, 7) is 3.84. The van der Waals surface area contributed by atoms with Crippen LogP contribution in [0.1, 0.15) is 25.5 Å². The standard InChI is InChI=1S/C27H29N3O4S2/c1-20-13-15-29(16-14-20)36(31,32)25-11-5-21(6-12-25)26-19-35-27(30(26)18-24-4-3-17-34-24)28-22-7-9-23(33-2)10-8-22/h3-12,17,19-20H,13-16,18H2,1-2H3. The van der Waals surface area contributed by atoms with Crippen LogP contribution in [0.25, 0.3) is 11.3 Å². The average molecular weight is 524 g/mol. The molecule has 2 aromatic carbocycles. The van der Waals surface area contributed by atoms with Gasteiger partial charge in [-0.25, -0.2) is 13.4 Å². The first kappa shape index (κ1) is 24.5. The summed E-state index contributed by atoms with van der Waals surface area (Å²) in [5.41, 5.74) is 2.68. The largest absolute Gasteiger partial charge is 0.497 e. The molecule has 7 nitrogen and oxygen atoms in total. The Bertz CT molecular complexity index is 1460. The molecule has 1 fully saturated rings. The Hall–Kier alpha value is -3.14. The summed E-state index contributed by atoms with van der Waals surface area (Å²) in [4.78, 5) is 5.99. The minimum Gasteiger partial charge on any atom is -0.497 e. The smallest absolute Gasteiger partial charge is 0.243 e. The van der Waals surface area contributed by atoms with Gasteiger partial charge in [0.2, 0.25) is 10.0 Å². The number of aromatic nitrogens is 1. The number of furan rings is 1. The van der Waals surface area contributed by atoms with Gasteiger partial charge in [0.05, 0.1) is 36.2 Å². The fraction of sp³-hybridized carbons (Fsp3) is 0.296. The van der Waals surface area contributed by atoms with Crippen LogP contribution in [0.2, 0.25) is 0 Å². The highest BCUT2D eigenvalue weighted by Gasteiger charge is 2.28. The van der Waals surface area contributed by atoms with Crippen molar-refractivity contribution in [2.75, 3.05) is 20.2 Å². The molecule has 0 atom stereocenters. The molecule has 9 heteroatoms. The van der Waals surface area contributed by atoms with Crippen LogP contribution in [-0.4, -0.2) is 37.5 Å². The number of sulfonamides is 1. The topological polar surface area (TPSA) is 77.0 Å². The first-order valence-electron chi connectivity index (χ1n) is 11.9. The van der Waals surface area contributed by atoms with Gasteiger partial charge in [0.25, 0.3) is 0 Å². The van der Waals surface area contributed by atoms with Crippen LogP contribution in [0.5, 0.6) is 5.75 Å². The van der Waals surface area contributed by atoms with Gasteiger partial charge in [0, 0.05) is 18.5 Å². The second-order valence-electron chi connectivity index (χ2n) is 8.99. The Balaban J connectivity index is 1.49. The Morgan fingerprint density at radius 3 is 2.42 bits per heavy atom. The van der Waals surface area contributed by atoms with Gasteiger partial charge in [0.1, 0.15) is 11.5 Å². The van der Waals surface area contributed by atoms with Crippen molar-refractivity contribution in [3.8, 4) is 17.0 Å². The Morgan fingerprint density at radius 2 is 1.78 bits per heavy atom. The fourth-order valence-corrected chi connectivity index (χ4v) is 6.70. The van der Waals surface area contributed by atoms with E-state index in [0.717, 1.165) is 46.1 Å². The van der Waals surface area contributed by atoms with E-state index < -0.39 is 10.0 Å². The van der Waals surface area contributed by atoms with Gasteiger partial charge in [-0.2, -0.15) is 4.31 Å². The van der Waals surface area contributed by atoms with Crippen LogP contribution in [0.4, 0.5) is 5.69 Å². The zero-order valence-corrected chi connectivity index (χ0v) is 22.0. The van der Waals surface area contributed by atoms with Crippen molar-refractivity contribution in [3.63, 3.8) is 0 Å². The molecule has 0 N–H and O–H groups in total. The van der Waals surface area contributed by atoms with Crippen LogP contribution in [0.3, 0.4) is 0 Å². The van der Waals surface area contributed by atoms with Crippen molar-refractivity contribution >= 4 is 27.0 Å². The van der Waals surface area contributed by atoms with Crippen LogP contribution >= 0.6 is 11.3 Å². The number of hydrogen-bond donors (Lipinski definition) is 0. The number of rotatable bonds is 7. The number of thiazole rings is 1. The van der Waals surface area contributed by atoms with Crippen molar-refractivity contribution < 1.29 is 17.6 Å². The highest BCUT2D eigenvalue weighted by molar-refractivity contribution is 7.89. The van der Waals surface area contributed by atoms with E-state index in [0.29, 0.717) is 30.4 Å². The molecular formula is C27H29N3O4S2. The van der Waals surface area contributed by atoms with Crippen LogP contribution in [0, 0.1) is 5.92 Å². The second-order valence-corrected chi connectivity index (χ2v) is 11.8. The first-order chi connectivity index (χ1) is 17.4. The van der Waals surface area contributed by atoms with E-state index in [1.807, 2.05) is 53.9 Å². The quantitative estimate of drug-likeness (QED) is 0.320. The third kappa shape index (κ3) is 5.18. The molecule has 0 saturated carbocycles. The summed E-state index contributed by atoms with van der Waals surface area (Å²) in [5, 5.41) is 2.04. The Labute approximate surface area is 215 Å². The second kappa shape index (κ2) is 10.5. The van der Waals surface area contributed by atoms with Gasteiger partial charge in [-0.3, -0.25) is 0 Å². The highest BCUT2D eigenvalue weighted by Crippen LogP contribution is 2.27. The van der Waals surface area contributed by atoms with E-state index in [9.17, 15) is 8.42 Å². The molecule has 0 amide bonds. The molecule has 4 aromatic rings. The molecule has 1 aliphatic rings. The lowest BCUT2D eigenvalue weighted by Crippen LogP contribution is -2.37. The summed E-state index contributed by atoms with van der Waals surface area (Å²) in [7, 11) is -1.85. The molecule has 0 aliphatic carbocycles. The maximum Gasteiger partial charge on any atom is 0.243 e. The average Bonchev–Trinajstić information content (AvgIpc) is 3.55. The number of hydrogen-bond acceptors (Lipinski definition) is 6. The molecular weight excluding hydrogens is 494 g/mol. The van der Waals surface area contributed by atoms with Crippen LogP contribution in [-0.2, 0) is 16.6 Å². The zero-order valence-electron chi connectivity index (χ0n) is 20.3. The first-order valence-corrected chi connectivity index (χ1v) is 14.3. The van der Waals surface area contributed by atoms with E-state index in [1.165, 1.54) is 11.3 Å². The predicted octanol–water partition coefficient (Wildman–Crippen LogP) is 5.52.